The van der Waals surface area contributed by atoms with E-state index in [1.54, 1.807) is 0 Å². The van der Waals surface area contributed by atoms with Crippen LogP contribution in [-0.2, 0) is 19.7 Å². The predicted molar refractivity (Wildman–Crippen MR) is 130 cm³/mol. The van der Waals surface area contributed by atoms with E-state index in [0.29, 0.717) is 6.42 Å². The van der Waals surface area contributed by atoms with Crippen molar-refractivity contribution in [2.45, 2.75) is 116 Å². The monoisotopic (exact) mass is 486 g/mol. The van der Waals surface area contributed by atoms with Crippen LogP contribution < -0.4 is 0 Å². The molecule has 0 spiro atoms. The Balaban J connectivity index is 0. The van der Waals surface area contributed by atoms with Crippen LogP contribution in [0.3, 0.4) is 0 Å². The average molecular weight is 487 g/mol. The van der Waals surface area contributed by atoms with Crippen molar-refractivity contribution in [2.75, 3.05) is 5.75 Å². The van der Waals surface area contributed by atoms with Crippen molar-refractivity contribution in [3.8, 4) is 0 Å². The first-order chi connectivity index (χ1) is 14.7. The zero-order chi connectivity index (χ0) is 23.5. The summed E-state index contributed by atoms with van der Waals surface area (Å²) < 4.78 is 30.3. The van der Waals surface area contributed by atoms with Crippen LogP contribution in [0.2, 0.25) is 0 Å². The van der Waals surface area contributed by atoms with E-state index in [-0.39, 0.29) is 60.0 Å². The summed E-state index contributed by atoms with van der Waals surface area (Å²) in [6.45, 7) is 2.23. The first-order valence-corrected chi connectivity index (χ1v) is 13.4. The van der Waals surface area contributed by atoms with Gasteiger partial charge in [0.1, 0.15) is 0 Å². The zero-order valence-corrected chi connectivity index (χ0v) is 19.9. The van der Waals surface area contributed by atoms with Crippen molar-refractivity contribution in [3.63, 3.8) is 0 Å². The first kappa shape index (κ1) is 33.8. The molecule has 0 saturated heterocycles. The second-order valence-electron chi connectivity index (χ2n) is 8.30. The molecule has 9 heteroatoms. The number of aliphatic carboxylic acids is 2. The molecule has 0 atom stereocenters. The fourth-order valence-corrected chi connectivity index (χ4v) is 4.21. The van der Waals surface area contributed by atoms with Gasteiger partial charge in [-0.25, -0.2) is 9.59 Å². The number of rotatable bonds is 21. The quantitative estimate of drug-likeness (QED) is 0.0864. The van der Waals surface area contributed by atoms with Gasteiger partial charge in [0.05, 0.1) is 5.75 Å². The molecule has 0 bridgehead atoms. The van der Waals surface area contributed by atoms with Gasteiger partial charge in [-0.15, -0.1) is 0 Å². The van der Waals surface area contributed by atoms with E-state index in [1.807, 2.05) is 0 Å². The Labute approximate surface area is 216 Å². The van der Waals surface area contributed by atoms with Crippen LogP contribution >= 0.6 is 0 Å². The van der Waals surface area contributed by atoms with Gasteiger partial charge in [0, 0.05) is 11.1 Å². The van der Waals surface area contributed by atoms with Gasteiger partial charge in [0.25, 0.3) is 10.1 Å². The van der Waals surface area contributed by atoms with Crippen molar-refractivity contribution in [1.29, 1.82) is 0 Å². The fourth-order valence-electron chi connectivity index (χ4n) is 3.70. The van der Waals surface area contributed by atoms with Gasteiger partial charge in [0.2, 0.25) is 0 Å². The molecule has 0 fully saturated rings. The Bertz CT molecular complexity index is 645. The van der Waals surface area contributed by atoms with Crippen LogP contribution in [0.1, 0.15) is 116 Å². The summed E-state index contributed by atoms with van der Waals surface area (Å²) in [5.74, 6) is -3.22. The third kappa shape index (κ3) is 20.2. The van der Waals surface area contributed by atoms with E-state index in [9.17, 15) is 28.2 Å². The van der Waals surface area contributed by atoms with E-state index in [4.69, 9.17) is 4.55 Å². The molecule has 0 saturated carbocycles. The van der Waals surface area contributed by atoms with Crippen molar-refractivity contribution < 1.29 is 32.8 Å². The van der Waals surface area contributed by atoms with Crippen LogP contribution in [-0.4, -0.2) is 70.4 Å². The van der Waals surface area contributed by atoms with E-state index < -0.39 is 27.8 Å². The summed E-state index contributed by atoms with van der Waals surface area (Å²) in [4.78, 5) is 22.9. The average Bonchev–Trinajstić information content (AvgIpc) is 2.68. The maximum atomic E-state index is 11.5. The Morgan fingerprint density at radius 3 is 1.22 bits per heavy atom. The number of carboxylic acids is 2. The van der Waals surface area contributed by atoms with Crippen LogP contribution in [0.25, 0.3) is 0 Å². The molecule has 0 amide bonds. The summed E-state index contributed by atoms with van der Waals surface area (Å²) in [5.41, 5.74) is -0.437. The van der Waals surface area contributed by atoms with Crippen LogP contribution in [0.5, 0.6) is 0 Å². The Morgan fingerprint density at radius 2 is 0.906 bits per heavy atom. The second kappa shape index (κ2) is 21.1. The fraction of sp³-hybridized carbons (Fsp3) is 0.826. The topological polar surface area (TPSA) is 129 Å². The van der Waals surface area contributed by atoms with Crippen LogP contribution in [0, 0.1) is 0 Å². The molecule has 0 aliphatic heterocycles. The van der Waals surface area contributed by atoms with Gasteiger partial charge < -0.3 is 10.2 Å². The molecule has 184 valence electrons. The standard InChI is InChI=1S/C23H42O7S.Na.H/c1-2-3-4-5-6-7-8-9-10-11-12-13-14-15-17-20(22(24)25)21(23(26)27)18-16-19-31(28,29)30;;/h2-19H2,1H3,(H,24,25)(H,26,27)(H,28,29,30);;/b21-20-;;. The Morgan fingerprint density at radius 1 is 0.594 bits per heavy atom. The molecular formula is C23H43NaO7S. The number of hydrogen-bond acceptors (Lipinski definition) is 4. The van der Waals surface area contributed by atoms with Gasteiger partial charge in [-0.1, -0.05) is 90.4 Å². The Kier molecular flexibility index (Phi) is 22.3. The normalized spacial score (nSPS) is 12.2. The van der Waals surface area contributed by atoms with Gasteiger partial charge >= 0.3 is 41.5 Å². The van der Waals surface area contributed by atoms with Crippen molar-refractivity contribution in [3.05, 3.63) is 11.1 Å². The maximum absolute atomic E-state index is 11.5. The van der Waals surface area contributed by atoms with E-state index in [2.05, 4.69) is 6.92 Å². The van der Waals surface area contributed by atoms with Crippen molar-refractivity contribution in [2.24, 2.45) is 0 Å². The minimum atomic E-state index is -4.20. The molecule has 3 N–H and O–H groups in total. The molecule has 0 aromatic heterocycles. The van der Waals surface area contributed by atoms with Crippen molar-refractivity contribution >= 4 is 51.6 Å². The molecule has 0 radical (unpaired) electrons. The van der Waals surface area contributed by atoms with E-state index in [1.165, 1.54) is 64.2 Å². The molecule has 0 aromatic rings. The molecule has 32 heavy (non-hydrogen) atoms. The predicted octanol–water partition coefficient (Wildman–Crippen LogP) is 5.34. The van der Waals surface area contributed by atoms with Gasteiger partial charge in [-0.05, 0) is 25.7 Å². The molecule has 0 aliphatic carbocycles. The number of unbranched alkanes of at least 4 members (excludes halogenated alkanes) is 13. The summed E-state index contributed by atoms with van der Waals surface area (Å²) in [6.07, 6.45) is 16.3. The molecule has 7 nitrogen and oxygen atoms in total. The molecule has 0 aliphatic rings. The third-order valence-corrected chi connectivity index (χ3v) is 6.29. The summed E-state index contributed by atoms with van der Waals surface area (Å²) >= 11 is 0. The van der Waals surface area contributed by atoms with Crippen molar-refractivity contribution in [1.82, 2.24) is 0 Å². The first-order valence-electron chi connectivity index (χ1n) is 11.8. The molecular weight excluding hydrogens is 443 g/mol. The zero-order valence-electron chi connectivity index (χ0n) is 19.1. The summed E-state index contributed by atoms with van der Waals surface area (Å²) in [6, 6.07) is 0. The molecule has 0 rings (SSSR count). The Hall–Kier alpha value is -0.410. The third-order valence-electron chi connectivity index (χ3n) is 5.49. The number of carbonyl (C=O) groups is 2. The molecule has 0 aromatic carbocycles. The molecule has 0 unspecified atom stereocenters. The van der Waals surface area contributed by atoms with E-state index in [0.717, 1.165) is 19.3 Å². The van der Waals surface area contributed by atoms with E-state index >= 15 is 0 Å². The van der Waals surface area contributed by atoms with Gasteiger partial charge in [0.15, 0.2) is 0 Å². The molecule has 0 heterocycles. The van der Waals surface area contributed by atoms with Gasteiger partial charge in [-0.3, -0.25) is 4.55 Å². The van der Waals surface area contributed by atoms with Gasteiger partial charge in [-0.2, -0.15) is 8.42 Å². The summed E-state index contributed by atoms with van der Waals surface area (Å²) in [5, 5.41) is 18.7. The minimum absolute atomic E-state index is 0. The number of hydrogen-bond donors (Lipinski definition) is 3. The summed E-state index contributed by atoms with van der Waals surface area (Å²) in [7, 11) is -4.20. The number of carboxylic acid groups (broad SMARTS) is 2. The second-order valence-corrected chi connectivity index (χ2v) is 9.88. The van der Waals surface area contributed by atoms with Crippen LogP contribution in [0.15, 0.2) is 11.1 Å². The SMILES string of the molecule is CCCCCCCCCCCCCCCC/C(C(=O)O)=C(\CCCS(=O)(=O)O)C(=O)O.[NaH]. The van der Waals surface area contributed by atoms with Crippen LogP contribution in [0.4, 0.5) is 0 Å².